The van der Waals surface area contributed by atoms with Crippen LogP contribution in [0.15, 0.2) is 97.1 Å². The molecule has 0 N–H and O–H groups in total. The van der Waals surface area contributed by atoms with Crippen molar-refractivity contribution < 1.29 is 27.4 Å². The van der Waals surface area contributed by atoms with Crippen LogP contribution >= 0.6 is 0 Å². The number of benzene rings is 4. The molecule has 0 atom stereocenters. The van der Waals surface area contributed by atoms with Crippen LogP contribution in [-0.4, -0.2) is 21.3 Å². The van der Waals surface area contributed by atoms with Crippen molar-refractivity contribution in [2.24, 2.45) is 0 Å². The third-order valence-corrected chi connectivity index (χ3v) is 5.89. The quantitative estimate of drug-likeness (QED) is 0.248. The summed E-state index contributed by atoms with van der Waals surface area (Å²) in [5.74, 6) is 2.09. The first-order valence-electron chi connectivity index (χ1n) is 11.2. The highest BCUT2D eigenvalue weighted by Crippen LogP contribution is 2.39. The summed E-state index contributed by atoms with van der Waals surface area (Å²) in [7, 11) is 4.78. The van der Waals surface area contributed by atoms with Gasteiger partial charge in [0.1, 0.15) is 17.2 Å². The van der Waals surface area contributed by atoms with Gasteiger partial charge in [-0.15, -0.1) is 0 Å². The molecule has 184 valence electrons. The predicted molar refractivity (Wildman–Crippen MR) is 135 cm³/mol. The highest BCUT2D eigenvalue weighted by Gasteiger charge is 2.30. The number of methoxy groups -OCH3 is 3. The van der Waals surface area contributed by atoms with E-state index in [0.717, 1.165) is 40.0 Å². The average Bonchev–Trinajstić information content (AvgIpc) is 2.91. The molecule has 0 aliphatic carbocycles. The first-order chi connectivity index (χ1) is 17.3. The molecule has 0 saturated carbocycles. The maximum Gasteiger partial charge on any atom is 0.416 e. The van der Waals surface area contributed by atoms with E-state index < -0.39 is 11.7 Å². The van der Waals surface area contributed by atoms with E-state index in [-0.39, 0.29) is 0 Å². The van der Waals surface area contributed by atoms with Crippen LogP contribution in [0, 0.1) is 0 Å². The summed E-state index contributed by atoms with van der Waals surface area (Å²) in [6.07, 6.45) is -4.42. The van der Waals surface area contributed by atoms with Crippen LogP contribution in [0.3, 0.4) is 0 Å². The summed E-state index contributed by atoms with van der Waals surface area (Å²) < 4.78 is 55.9. The molecule has 0 radical (unpaired) electrons. The summed E-state index contributed by atoms with van der Waals surface area (Å²) in [5, 5.41) is 0. The molecule has 36 heavy (non-hydrogen) atoms. The topological polar surface area (TPSA) is 27.7 Å². The maximum absolute atomic E-state index is 13.3. The SMILES string of the molecule is COc1ccc(C(=C(c2ccc(OC)cc2)c2ccc(C(F)(F)F)cc2)c2ccc(OC)cc2)cc1. The van der Waals surface area contributed by atoms with Crippen molar-refractivity contribution in [3.63, 3.8) is 0 Å². The number of halogens is 3. The van der Waals surface area contributed by atoms with E-state index in [1.807, 2.05) is 72.8 Å². The fraction of sp³-hybridized carbons (Fsp3) is 0.133. The second-order valence-electron chi connectivity index (χ2n) is 8.01. The van der Waals surface area contributed by atoms with Gasteiger partial charge in [-0.25, -0.2) is 0 Å². The van der Waals surface area contributed by atoms with Crippen LogP contribution < -0.4 is 14.2 Å². The van der Waals surface area contributed by atoms with E-state index in [1.165, 1.54) is 12.1 Å². The largest absolute Gasteiger partial charge is 0.497 e. The zero-order chi connectivity index (χ0) is 25.7. The third kappa shape index (κ3) is 5.38. The number of hydrogen-bond donors (Lipinski definition) is 0. The number of ether oxygens (including phenoxy) is 3. The minimum Gasteiger partial charge on any atom is -0.497 e. The lowest BCUT2D eigenvalue weighted by molar-refractivity contribution is -0.137. The van der Waals surface area contributed by atoms with Gasteiger partial charge in [0, 0.05) is 0 Å². The van der Waals surface area contributed by atoms with Crippen LogP contribution in [0.4, 0.5) is 13.2 Å². The molecule has 4 aromatic carbocycles. The molecule has 0 aliphatic heterocycles. The second kappa shape index (κ2) is 10.6. The van der Waals surface area contributed by atoms with Crippen molar-refractivity contribution in [1.82, 2.24) is 0 Å². The Balaban J connectivity index is 2.03. The molecule has 0 aliphatic rings. The van der Waals surface area contributed by atoms with Crippen molar-refractivity contribution in [3.05, 3.63) is 125 Å². The molecule has 0 heterocycles. The molecule has 0 fully saturated rings. The first-order valence-corrected chi connectivity index (χ1v) is 11.2. The molecule has 0 amide bonds. The lowest BCUT2D eigenvalue weighted by Crippen LogP contribution is -2.05. The summed E-state index contributed by atoms with van der Waals surface area (Å²) in [6, 6.07) is 27.9. The predicted octanol–water partition coefficient (Wildman–Crippen LogP) is 7.74. The maximum atomic E-state index is 13.3. The zero-order valence-electron chi connectivity index (χ0n) is 20.1. The van der Waals surface area contributed by atoms with Crippen LogP contribution in [0.25, 0.3) is 11.1 Å². The minimum atomic E-state index is -4.42. The van der Waals surface area contributed by atoms with E-state index in [1.54, 1.807) is 21.3 Å². The monoisotopic (exact) mass is 490 g/mol. The van der Waals surface area contributed by atoms with Gasteiger partial charge in [0.25, 0.3) is 0 Å². The van der Waals surface area contributed by atoms with Gasteiger partial charge in [-0.2, -0.15) is 13.2 Å². The van der Waals surface area contributed by atoms with E-state index in [4.69, 9.17) is 14.2 Å². The van der Waals surface area contributed by atoms with Crippen LogP contribution in [0.1, 0.15) is 27.8 Å². The Hall–Kier alpha value is -4.19. The fourth-order valence-corrected chi connectivity index (χ4v) is 4.01. The molecule has 4 aromatic rings. The Morgan fingerprint density at radius 3 is 0.917 bits per heavy atom. The summed E-state index contributed by atoms with van der Waals surface area (Å²) in [6.45, 7) is 0. The lowest BCUT2D eigenvalue weighted by Gasteiger charge is -2.19. The van der Waals surface area contributed by atoms with Gasteiger partial charge in [-0.3, -0.25) is 0 Å². The van der Waals surface area contributed by atoms with Crippen molar-refractivity contribution >= 4 is 11.1 Å². The highest BCUT2D eigenvalue weighted by molar-refractivity contribution is 6.04. The van der Waals surface area contributed by atoms with Crippen molar-refractivity contribution in [1.29, 1.82) is 0 Å². The van der Waals surface area contributed by atoms with E-state index >= 15 is 0 Å². The minimum absolute atomic E-state index is 0.648. The van der Waals surface area contributed by atoms with E-state index in [2.05, 4.69) is 0 Å². The van der Waals surface area contributed by atoms with Crippen molar-refractivity contribution in [3.8, 4) is 17.2 Å². The normalized spacial score (nSPS) is 11.1. The summed E-state index contributed by atoms with van der Waals surface area (Å²) in [5.41, 5.74) is 4.17. The second-order valence-corrected chi connectivity index (χ2v) is 8.01. The van der Waals surface area contributed by atoms with Gasteiger partial charge in [0.15, 0.2) is 0 Å². The Bertz CT molecular complexity index is 1270. The van der Waals surface area contributed by atoms with Crippen LogP contribution in [0.5, 0.6) is 17.2 Å². The Labute approximate surface area is 208 Å². The van der Waals surface area contributed by atoms with E-state index in [9.17, 15) is 13.2 Å². The molecule has 0 aromatic heterocycles. The van der Waals surface area contributed by atoms with Crippen LogP contribution in [-0.2, 0) is 6.18 Å². The van der Waals surface area contributed by atoms with Gasteiger partial charge in [0.2, 0.25) is 0 Å². The summed E-state index contributed by atoms with van der Waals surface area (Å²) in [4.78, 5) is 0. The number of alkyl halides is 3. The average molecular weight is 491 g/mol. The molecule has 0 unspecified atom stereocenters. The molecule has 4 rings (SSSR count). The first kappa shape index (κ1) is 24.9. The van der Waals surface area contributed by atoms with Gasteiger partial charge < -0.3 is 14.2 Å². The van der Waals surface area contributed by atoms with E-state index in [0.29, 0.717) is 22.8 Å². The molecule has 0 bridgehead atoms. The van der Waals surface area contributed by atoms with Gasteiger partial charge in [0.05, 0.1) is 26.9 Å². The fourth-order valence-electron chi connectivity index (χ4n) is 4.01. The molecule has 3 nitrogen and oxygen atoms in total. The van der Waals surface area contributed by atoms with Gasteiger partial charge >= 0.3 is 6.18 Å². The van der Waals surface area contributed by atoms with Crippen molar-refractivity contribution in [2.75, 3.05) is 21.3 Å². The highest BCUT2D eigenvalue weighted by atomic mass is 19.4. The molecule has 6 heteroatoms. The van der Waals surface area contributed by atoms with Crippen molar-refractivity contribution in [2.45, 2.75) is 6.18 Å². The van der Waals surface area contributed by atoms with Gasteiger partial charge in [-0.1, -0.05) is 48.5 Å². The standard InChI is InChI=1S/C30H25F3O3/c1-34-25-14-6-21(7-15-25)28(20-4-12-24(13-5-20)30(31,32)33)29(22-8-16-26(35-2)17-9-22)23-10-18-27(36-3)19-11-23/h4-19H,1-3H3. The summed E-state index contributed by atoms with van der Waals surface area (Å²) >= 11 is 0. The number of rotatable bonds is 7. The Kier molecular flexibility index (Phi) is 7.34. The number of hydrogen-bond acceptors (Lipinski definition) is 3. The Morgan fingerprint density at radius 2 is 0.694 bits per heavy atom. The van der Waals surface area contributed by atoms with Gasteiger partial charge in [-0.05, 0) is 81.9 Å². The smallest absolute Gasteiger partial charge is 0.416 e. The zero-order valence-corrected chi connectivity index (χ0v) is 20.1. The molecule has 0 saturated heterocycles. The third-order valence-electron chi connectivity index (χ3n) is 5.89. The Morgan fingerprint density at radius 1 is 0.444 bits per heavy atom. The molecule has 0 spiro atoms. The lowest BCUT2D eigenvalue weighted by atomic mass is 9.85. The molecular formula is C30H25F3O3. The molecular weight excluding hydrogens is 465 g/mol. The van der Waals surface area contributed by atoms with Crippen LogP contribution in [0.2, 0.25) is 0 Å².